The maximum absolute atomic E-state index is 13.9. The second-order valence-corrected chi connectivity index (χ2v) is 13.0. The zero-order chi connectivity index (χ0) is 28.1. The van der Waals surface area contributed by atoms with Gasteiger partial charge in [0.2, 0.25) is 17.7 Å². The fraction of sp³-hybridized carbons (Fsp3) is 0.333. The van der Waals surface area contributed by atoms with E-state index in [1.54, 1.807) is 4.90 Å². The second-order valence-electron chi connectivity index (χ2n) is 9.95. The molecular weight excluding hydrogens is 620 g/mol. The molecule has 0 spiro atoms. The lowest BCUT2D eigenvalue weighted by Gasteiger charge is -2.31. The lowest BCUT2D eigenvalue weighted by molar-refractivity contribution is -0.384. The Morgan fingerprint density at radius 3 is 2.42 bits per heavy atom. The molecule has 3 amide bonds. The number of piperidine rings is 1. The molecule has 1 aromatic heterocycles. The second kappa shape index (κ2) is 10.6. The summed E-state index contributed by atoms with van der Waals surface area (Å²) < 4.78 is 2.24. The SMILES string of the molecule is O=C(Cn1c2c(sc1=O)[C@@H](c1cccc(Br)c1)[C@@H]1C(=O)N(c3ccc([N+](=O)[O-])cc3)C(=O)[C@@H]1S2)N1CCCCC1. The number of thiazole rings is 1. The summed E-state index contributed by atoms with van der Waals surface area (Å²) >= 11 is 5.66. The minimum atomic E-state index is -0.829. The number of benzene rings is 2. The molecule has 2 aromatic carbocycles. The first kappa shape index (κ1) is 26.9. The number of nitro benzene ring substituents is 1. The van der Waals surface area contributed by atoms with E-state index in [1.165, 1.54) is 28.8 Å². The van der Waals surface area contributed by atoms with Gasteiger partial charge in [0, 0.05) is 40.5 Å². The molecule has 206 valence electrons. The van der Waals surface area contributed by atoms with Crippen LogP contribution in [0.25, 0.3) is 0 Å². The first-order valence-corrected chi connectivity index (χ1v) is 15.3. The number of fused-ring (bicyclic) bond motifs is 2. The standard InChI is InChI=1S/C27H23BrN4O6S2/c28-16-6-4-5-15(13-16)20-21-22(25(35)31(24(21)34)17-7-9-18(10-8-17)32(37)38)39-26-23(20)40-27(36)30(26)14-19(33)29-11-2-1-3-12-29/h4-10,13,20-22H,1-3,11-12,14H2/t20-,21-,22+/m0/s1. The fourth-order valence-corrected chi connectivity index (χ4v) is 8.86. The van der Waals surface area contributed by atoms with Crippen molar-refractivity contribution in [1.82, 2.24) is 9.47 Å². The van der Waals surface area contributed by atoms with Gasteiger partial charge in [-0.2, -0.15) is 0 Å². The van der Waals surface area contributed by atoms with Crippen molar-refractivity contribution < 1.29 is 19.3 Å². The van der Waals surface area contributed by atoms with E-state index in [4.69, 9.17) is 0 Å². The molecule has 6 rings (SSSR count). The number of nitrogens with zero attached hydrogens (tertiary/aromatic N) is 4. The topological polar surface area (TPSA) is 123 Å². The number of nitro groups is 1. The predicted molar refractivity (Wildman–Crippen MR) is 154 cm³/mol. The van der Waals surface area contributed by atoms with Gasteiger partial charge in [-0.25, -0.2) is 4.90 Å². The van der Waals surface area contributed by atoms with Gasteiger partial charge < -0.3 is 4.90 Å². The molecule has 40 heavy (non-hydrogen) atoms. The number of rotatable bonds is 5. The summed E-state index contributed by atoms with van der Waals surface area (Å²) in [6, 6.07) is 12.8. The summed E-state index contributed by atoms with van der Waals surface area (Å²) in [5.74, 6) is -2.39. The quantitative estimate of drug-likeness (QED) is 0.230. The maximum Gasteiger partial charge on any atom is 0.308 e. The van der Waals surface area contributed by atoms with Crippen LogP contribution in [0, 0.1) is 16.0 Å². The highest BCUT2D eigenvalue weighted by atomic mass is 79.9. The molecule has 13 heteroatoms. The van der Waals surface area contributed by atoms with Gasteiger partial charge in [-0.15, -0.1) is 0 Å². The van der Waals surface area contributed by atoms with Crippen LogP contribution >= 0.6 is 39.0 Å². The molecule has 2 saturated heterocycles. The van der Waals surface area contributed by atoms with Crippen LogP contribution in [0.15, 0.2) is 62.8 Å². The van der Waals surface area contributed by atoms with E-state index in [1.807, 2.05) is 24.3 Å². The summed E-state index contributed by atoms with van der Waals surface area (Å²) in [6.45, 7) is 1.21. The van der Waals surface area contributed by atoms with E-state index in [0.717, 1.165) is 57.3 Å². The monoisotopic (exact) mass is 642 g/mol. The molecule has 0 N–H and O–H groups in total. The van der Waals surface area contributed by atoms with E-state index in [9.17, 15) is 29.3 Å². The molecule has 0 aliphatic carbocycles. The van der Waals surface area contributed by atoms with E-state index in [-0.39, 0.29) is 28.7 Å². The summed E-state index contributed by atoms with van der Waals surface area (Å²) in [7, 11) is 0. The van der Waals surface area contributed by atoms with E-state index >= 15 is 0 Å². The van der Waals surface area contributed by atoms with Crippen molar-refractivity contribution in [2.45, 2.75) is 42.0 Å². The summed E-state index contributed by atoms with van der Waals surface area (Å²) in [5, 5.41) is 10.8. The largest absolute Gasteiger partial charge is 0.341 e. The minimum absolute atomic E-state index is 0.117. The lowest BCUT2D eigenvalue weighted by atomic mass is 9.83. The normalized spacial score (nSPS) is 22.3. The Labute approximate surface area is 245 Å². The average molecular weight is 644 g/mol. The summed E-state index contributed by atoms with van der Waals surface area (Å²) in [5.41, 5.74) is 0.879. The lowest BCUT2D eigenvalue weighted by Crippen LogP contribution is -2.39. The van der Waals surface area contributed by atoms with E-state index in [2.05, 4.69) is 15.9 Å². The Bertz CT molecular complexity index is 1600. The van der Waals surface area contributed by atoms with Gasteiger partial charge in [0.1, 0.15) is 11.8 Å². The molecule has 3 aromatic rings. The number of likely N-dealkylation sites (tertiary alicyclic amines) is 1. The fourth-order valence-electron chi connectivity index (χ4n) is 5.67. The molecule has 0 bridgehead atoms. The maximum atomic E-state index is 13.9. The van der Waals surface area contributed by atoms with Crippen molar-refractivity contribution in [1.29, 1.82) is 0 Å². The Hall–Kier alpha value is -3.29. The summed E-state index contributed by atoms with van der Waals surface area (Å²) in [4.78, 5) is 68.0. The molecule has 3 atom stereocenters. The number of amides is 3. The molecule has 0 saturated carbocycles. The van der Waals surface area contributed by atoms with Crippen molar-refractivity contribution in [3.05, 3.63) is 83.2 Å². The van der Waals surface area contributed by atoms with Crippen LogP contribution in [0.5, 0.6) is 0 Å². The number of thioether (sulfide) groups is 1. The van der Waals surface area contributed by atoms with E-state index in [0.29, 0.717) is 23.0 Å². The molecule has 0 unspecified atom stereocenters. The third-order valence-corrected chi connectivity index (χ3v) is 10.7. The zero-order valence-electron chi connectivity index (χ0n) is 21.0. The minimum Gasteiger partial charge on any atom is -0.341 e. The average Bonchev–Trinajstić information content (AvgIpc) is 3.39. The molecule has 0 radical (unpaired) electrons. The Kier molecular flexibility index (Phi) is 7.13. The van der Waals surface area contributed by atoms with Gasteiger partial charge >= 0.3 is 4.87 Å². The number of hydrogen-bond donors (Lipinski definition) is 0. The first-order chi connectivity index (χ1) is 19.2. The highest BCUT2D eigenvalue weighted by Crippen LogP contribution is 2.54. The van der Waals surface area contributed by atoms with Gasteiger partial charge in [-0.1, -0.05) is 51.2 Å². The van der Waals surface area contributed by atoms with Crippen molar-refractivity contribution in [3.63, 3.8) is 0 Å². The van der Waals surface area contributed by atoms with Gasteiger partial charge in [-0.05, 0) is 49.1 Å². The molecule has 3 aliphatic rings. The van der Waals surface area contributed by atoms with Gasteiger partial charge in [0.15, 0.2) is 0 Å². The van der Waals surface area contributed by atoms with Crippen LogP contribution in [0.1, 0.15) is 35.6 Å². The van der Waals surface area contributed by atoms with Gasteiger partial charge in [-0.3, -0.25) is 33.9 Å². The Morgan fingerprint density at radius 2 is 1.75 bits per heavy atom. The smallest absolute Gasteiger partial charge is 0.308 e. The third kappa shape index (κ3) is 4.59. The van der Waals surface area contributed by atoms with E-state index < -0.39 is 33.8 Å². The highest BCUT2D eigenvalue weighted by Gasteiger charge is 2.57. The van der Waals surface area contributed by atoms with Gasteiger partial charge in [0.05, 0.1) is 21.6 Å². The van der Waals surface area contributed by atoms with Crippen LogP contribution in [0.4, 0.5) is 11.4 Å². The van der Waals surface area contributed by atoms with Crippen molar-refractivity contribution in [2.24, 2.45) is 5.92 Å². The number of anilines is 1. The molecule has 3 aliphatic heterocycles. The number of carbonyl (C=O) groups excluding carboxylic acids is 3. The summed E-state index contributed by atoms with van der Waals surface area (Å²) in [6.07, 6.45) is 2.94. The van der Waals surface area contributed by atoms with Crippen molar-refractivity contribution >= 4 is 68.1 Å². The highest BCUT2D eigenvalue weighted by molar-refractivity contribution is 9.10. The Morgan fingerprint density at radius 1 is 1.02 bits per heavy atom. The zero-order valence-corrected chi connectivity index (χ0v) is 24.2. The van der Waals surface area contributed by atoms with Crippen LogP contribution in [-0.4, -0.2) is 50.5 Å². The number of halogens is 1. The van der Waals surface area contributed by atoms with Gasteiger partial charge in [0.25, 0.3) is 5.69 Å². The van der Waals surface area contributed by atoms with Crippen LogP contribution < -0.4 is 9.77 Å². The molecule has 4 heterocycles. The number of imide groups is 1. The van der Waals surface area contributed by atoms with Crippen molar-refractivity contribution in [2.75, 3.05) is 18.0 Å². The molecule has 10 nitrogen and oxygen atoms in total. The van der Waals surface area contributed by atoms with Crippen LogP contribution in [0.2, 0.25) is 0 Å². The van der Waals surface area contributed by atoms with Crippen LogP contribution in [-0.2, 0) is 20.9 Å². The first-order valence-electron chi connectivity index (χ1n) is 12.8. The van der Waals surface area contributed by atoms with Crippen molar-refractivity contribution in [3.8, 4) is 0 Å². The number of non-ortho nitro benzene ring substituents is 1. The number of carbonyl (C=O) groups is 3. The number of aromatic nitrogens is 1. The number of hydrogen-bond acceptors (Lipinski definition) is 8. The Balaban J connectivity index is 1.42. The predicted octanol–water partition coefficient (Wildman–Crippen LogP) is 4.39. The molecular formula is C27H23BrN4O6S2. The molecule has 2 fully saturated rings. The third-order valence-electron chi connectivity index (χ3n) is 7.58. The van der Waals surface area contributed by atoms with Crippen LogP contribution in [0.3, 0.4) is 0 Å².